The number of benzene rings is 1. The first kappa shape index (κ1) is 11.4. The van der Waals surface area contributed by atoms with Crippen LogP contribution in [0.5, 0.6) is 0 Å². The number of hydrogen-bond acceptors (Lipinski definition) is 4. The molecule has 1 aromatic heterocycles. The number of hydrogen-bond donors (Lipinski definition) is 1. The van der Waals surface area contributed by atoms with Crippen LogP contribution < -0.4 is 5.32 Å². The number of rotatable bonds is 4. The first-order valence-electron chi connectivity index (χ1n) is 4.98. The molecule has 0 aliphatic carbocycles. The molecule has 0 unspecified atom stereocenters. The molecule has 2 rings (SSSR count). The monoisotopic (exact) mass is 252 g/mol. The Balaban J connectivity index is 1.97. The molecule has 0 saturated heterocycles. The lowest BCUT2D eigenvalue weighted by atomic mass is 10.3. The lowest BCUT2D eigenvalue weighted by Crippen LogP contribution is -2.17. The predicted octanol–water partition coefficient (Wildman–Crippen LogP) is 2.52. The Morgan fingerprint density at radius 2 is 2.31 bits per heavy atom. The van der Waals surface area contributed by atoms with Crippen LogP contribution in [-0.2, 0) is 4.79 Å². The average molecular weight is 252 g/mol. The molecule has 1 N–H and O–H groups in total. The largest absolute Gasteiger partial charge is 0.359 e. The summed E-state index contributed by atoms with van der Waals surface area (Å²) in [5.74, 6) is 0.855. The van der Waals surface area contributed by atoms with Crippen molar-refractivity contribution in [1.29, 1.82) is 0 Å². The van der Waals surface area contributed by atoms with Gasteiger partial charge in [0.05, 0.1) is 10.2 Å². The molecule has 0 aliphatic rings. The number of carbonyl (C=O) groups is 1. The van der Waals surface area contributed by atoms with Gasteiger partial charge in [-0.05, 0) is 12.1 Å². The normalized spacial score (nSPS) is 10.6. The van der Waals surface area contributed by atoms with E-state index in [1.165, 1.54) is 4.70 Å². The van der Waals surface area contributed by atoms with E-state index in [4.69, 9.17) is 0 Å². The Kier molecular flexibility index (Phi) is 3.79. The van der Waals surface area contributed by atoms with Gasteiger partial charge < -0.3 is 5.32 Å². The van der Waals surface area contributed by atoms with Gasteiger partial charge in [0.2, 0.25) is 5.91 Å². The SMILES string of the molecule is CNC(=O)CCSc1nc2ccccc2s1. The summed E-state index contributed by atoms with van der Waals surface area (Å²) >= 11 is 3.31. The highest BCUT2D eigenvalue weighted by atomic mass is 32.2. The van der Waals surface area contributed by atoms with E-state index in [1.54, 1.807) is 30.1 Å². The molecule has 16 heavy (non-hydrogen) atoms. The fourth-order valence-corrected chi connectivity index (χ4v) is 3.35. The van der Waals surface area contributed by atoms with Crippen molar-refractivity contribution in [3.63, 3.8) is 0 Å². The van der Waals surface area contributed by atoms with Gasteiger partial charge in [-0.2, -0.15) is 0 Å². The van der Waals surface area contributed by atoms with Crippen molar-refractivity contribution in [2.45, 2.75) is 10.8 Å². The Labute approximate surface area is 102 Å². The first-order chi connectivity index (χ1) is 7.79. The van der Waals surface area contributed by atoms with E-state index in [0.29, 0.717) is 6.42 Å². The molecule has 0 radical (unpaired) electrons. The van der Waals surface area contributed by atoms with Gasteiger partial charge in [-0.1, -0.05) is 23.9 Å². The minimum absolute atomic E-state index is 0.0774. The number of fused-ring (bicyclic) bond motifs is 1. The Morgan fingerprint density at radius 1 is 1.50 bits per heavy atom. The van der Waals surface area contributed by atoms with Crippen molar-refractivity contribution in [1.82, 2.24) is 10.3 Å². The second-order valence-electron chi connectivity index (χ2n) is 3.22. The molecule has 1 aromatic carbocycles. The van der Waals surface area contributed by atoms with Crippen LogP contribution in [0.3, 0.4) is 0 Å². The molecule has 3 nitrogen and oxygen atoms in total. The van der Waals surface area contributed by atoms with Crippen LogP contribution in [0.2, 0.25) is 0 Å². The number of thioether (sulfide) groups is 1. The zero-order valence-corrected chi connectivity index (χ0v) is 10.5. The van der Waals surface area contributed by atoms with Gasteiger partial charge in [0, 0.05) is 19.2 Å². The van der Waals surface area contributed by atoms with Crippen LogP contribution in [0.4, 0.5) is 0 Å². The van der Waals surface area contributed by atoms with Gasteiger partial charge in [-0.3, -0.25) is 4.79 Å². The van der Waals surface area contributed by atoms with E-state index < -0.39 is 0 Å². The maximum absolute atomic E-state index is 11.0. The highest BCUT2D eigenvalue weighted by molar-refractivity contribution is 8.01. The molecular weight excluding hydrogens is 240 g/mol. The van der Waals surface area contributed by atoms with E-state index >= 15 is 0 Å². The smallest absolute Gasteiger partial charge is 0.220 e. The van der Waals surface area contributed by atoms with Crippen molar-refractivity contribution in [2.75, 3.05) is 12.8 Å². The summed E-state index contributed by atoms with van der Waals surface area (Å²) in [6.07, 6.45) is 0.539. The summed E-state index contributed by atoms with van der Waals surface area (Å²) in [6.45, 7) is 0. The zero-order valence-electron chi connectivity index (χ0n) is 8.90. The molecule has 5 heteroatoms. The number of para-hydroxylation sites is 1. The first-order valence-corrected chi connectivity index (χ1v) is 6.79. The third-order valence-electron chi connectivity index (χ3n) is 2.11. The Morgan fingerprint density at radius 3 is 3.06 bits per heavy atom. The molecule has 84 valence electrons. The third kappa shape index (κ3) is 2.74. The standard InChI is InChI=1S/C11H12N2OS2/c1-12-10(14)6-7-15-11-13-8-4-2-3-5-9(8)16-11/h2-5H,6-7H2,1H3,(H,12,14). The maximum Gasteiger partial charge on any atom is 0.220 e. The molecule has 0 saturated carbocycles. The average Bonchev–Trinajstić information content (AvgIpc) is 2.71. The van der Waals surface area contributed by atoms with E-state index in [0.717, 1.165) is 15.6 Å². The lowest BCUT2D eigenvalue weighted by molar-refractivity contribution is -0.120. The number of carbonyl (C=O) groups excluding carboxylic acids is 1. The molecule has 0 aliphatic heterocycles. The summed E-state index contributed by atoms with van der Waals surface area (Å²) in [4.78, 5) is 15.5. The van der Waals surface area contributed by atoms with E-state index in [2.05, 4.69) is 16.4 Å². The zero-order chi connectivity index (χ0) is 11.4. The fraction of sp³-hybridized carbons (Fsp3) is 0.273. The summed E-state index contributed by atoms with van der Waals surface area (Å²) in [7, 11) is 1.66. The molecular formula is C11H12N2OS2. The molecule has 0 fully saturated rings. The number of nitrogens with one attached hydrogen (secondary N) is 1. The van der Waals surface area contributed by atoms with Crippen LogP contribution in [0.25, 0.3) is 10.2 Å². The fourth-order valence-electron chi connectivity index (χ4n) is 1.27. The number of thiazole rings is 1. The Hall–Kier alpha value is -1.07. The van der Waals surface area contributed by atoms with Crippen LogP contribution in [0.15, 0.2) is 28.6 Å². The van der Waals surface area contributed by atoms with Crippen molar-refractivity contribution in [2.24, 2.45) is 0 Å². The van der Waals surface area contributed by atoms with Crippen molar-refractivity contribution >= 4 is 39.2 Å². The lowest BCUT2D eigenvalue weighted by Gasteiger charge is -1.96. The van der Waals surface area contributed by atoms with E-state index in [1.807, 2.05) is 18.2 Å². The molecule has 2 aromatic rings. The highest BCUT2D eigenvalue weighted by Gasteiger charge is 2.04. The summed E-state index contributed by atoms with van der Waals surface area (Å²) in [6, 6.07) is 8.07. The quantitative estimate of drug-likeness (QED) is 0.850. The van der Waals surface area contributed by atoms with Crippen molar-refractivity contribution in [3.05, 3.63) is 24.3 Å². The van der Waals surface area contributed by atoms with Crippen LogP contribution in [-0.4, -0.2) is 23.7 Å². The van der Waals surface area contributed by atoms with Crippen LogP contribution in [0, 0.1) is 0 Å². The van der Waals surface area contributed by atoms with Crippen LogP contribution in [0.1, 0.15) is 6.42 Å². The maximum atomic E-state index is 11.0. The van der Waals surface area contributed by atoms with Gasteiger partial charge in [-0.15, -0.1) is 11.3 Å². The summed E-state index contributed by atoms with van der Waals surface area (Å²) in [5, 5.41) is 2.61. The Bertz CT molecular complexity index is 462. The molecule has 1 amide bonds. The topological polar surface area (TPSA) is 42.0 Å². The van der Waals surface area contributed by atoms with Crippen molar-refractivity contribution < 1.29 is 4.79 Å². The van der Waals surface area contributed by atoms with Gasteiger partial charge >= 0.3 is 0 Å². The number of nitrogens with zero attached hydrogens (tertiary/aromatic N) is 1. The van der Waals surface area contributed by atoms with Gasteiger partial charge in [-0.25, -0.2) is 4.98 Å². The number of aromatic nitrogens is 1. The van der Waals surface area contributed by atoms with E-state index in [-0.39, 0.29) is 5.91 Å². The molecule has 0 atom stereocenters. The third-order valence-corrected chi connectivity index (χ3v) is 4.29. The molecule has 0 bridgehead atoms. The van der Waals surface area contributed by atoms with Gasteiger partial charge in [0.15, 0.2) is 4.34 Å². The second kappa shape index (κ2) is 5.32. The molecule has 1 heterocycles. The molecule has 0 spiro atoms. The van der Waals surface area contributed by atoms with Gasteiger partial charge in [0.25, 0.3) is 0 Å². The van der Waals surface area contributed by atoms with Gasteiger partial charge in [0.1, 0.15) is 0 Å². The number of amides is 1. The van der Waals surface area contributed by atoms with Crippen LogP contribution >= 0.6 is 23.1 Å². The second-order valence-corrected chi connectivity index (χ2v) is 5.59. The summed E-state index contributed by atoms with van der Waals surface area (Å²) in [5.41, 5.74) is 1.04. The van der Waals surface area contributed by atoms with Crippen molar-refractivity contribution in [3.8, 4) is 0 Å². The minimum Gasteiger partial charge on any atom is -0.359 e. The van der Waals surface area contributed by atoms with E-state index in [9.17, 15) is 4.79 Å². The predicted molar refractivity (Wildman–Crippen MR) is 69.0 cm³/mol. The highest BCUT2D eigenvalue weighted by Crippen LogP contribution is 2.29. The summed E-state index contributed by atoms with van der Waals surface area (Å²) < 4.78 is 2.23. The minimum atomic E-state index is 0.0774.